The normalized spacial score (nSPS) is 14.8. The molecule has 0 aliphatic carbocycles. The molecule has 0 spiro atoms. The molecule has 0 bridgehead atoms. The van der Waals surface area contributed by atoms with Crippen LogP contribution in [0.3, 0.4) is 0 Å². The summed E-state index contributed by atoms with van der Waals surface area (Å²) in [6, 6.07) is 5.62. The molecule has 38 heavy (non-hydrogen) atoms. The topological polar surface area (TPSA) is 129 Å². The van der Waals surface area contributed by atoms with Crippen LogP contribution < -0.4 is 10.2 Å². The van der Waals surface area contributed by atoms with Crippen LogP contribution in [0, 0.1) is 12.8 Å². The van der Waals surface area contributed by atoms with Gasteiger partial charge in [0, 0.05) is 55.6 Å². The Labute approximate surface area is 221 Å². The Morgan fingerprint density at radius 2 is 2.00 bits per heavy atom. The Bertz CT molecular complexity index is 1430. The molecule has 5 heterocycles. The minimum atomic E-state index is -0.775. The minimum Gasteiger partial charge on any atom is -0.444 e. The maximum atomic E-state index is 13.3. The minimum absolute atomic E-state index is 0.177. The lowest BCUT2D eigenvalue weighted by Crippen LogP contribution is -2.35. The number of imidazole rings is 1. The van der Waals surface area contributed by atoms with Gasteiger partial charge in [0.05, 0.1) is 22.7 Å². The van der Waals surface area contributed by atoms with Crippen molar-refractivity contribution in [3.63, 3.8) is 0 Å². The number of nitrogens with zero attached hydrogens (tertiary/aromatic N) is 5. The summed E-state index contributed by atoms with van der Waals surface area (Å²) in [6.07, 6.45) is 9.81. The van der Waals surface area contributed by atoms with E-state index in [0.29, 0.717) is 30.3 Å². The van der Waals surface area contributed by atoms with Crippen LogP contribution in [-0.4, -0.2) is 60.8 Å². The smallest absolute Gasteiger partial charge is 0.277 e. The number of aliphatic hydroxyl groups is 2. The fourth-order valence-corrected chi connectivity index (χ4v) is 4.72. The SMILES string of the molecule is Cc1cc(-c2nc(C(=O)Nc3cn4cc(CCC(C)(C)O)nc4cc3N3CCC(CO)CC3)co2)ccn1. The molecule has 4 aromatic heterocycles. The Kier molecular flexibility index (Phi) is 7.18. The molecule has 3 N–H and O–H groups in total. The summed E-state index contributed by atoms with van der Waals surface area (Å²) < 4.78 is 7.49. The van der Waals surface area contributed by atoms with Crippen molar-refractivity contribution in [1.29, 1.82) is 0 Å². The lowest BCUT2D eigenvalue weighted by atomic mass is 9.97. The van der Waals surface area contributed by atoms with Gasteiger partial charge in [0.25, 0.3) is 5.91 Å². The standard InChI is InChI=1S/C28H34N6O4/c1-18-12-20(5-9-29-18)27-32-23(17-38-27)26(36)31-22-15-34-14-21(4-8-28(2,3)37)30-25(34)13-24(22)33-10-6-19(16-35)7-11-33/h5,9,12-15,17,19,35,37H,4,6-8,10-11,16H2,1-3H3,(H,31,36). The van der Waals surface area contributed by atoms with Gasteiger partial charge in [0.1, 0.15) is 11.9 Å². The number of aliphatic hydroxyl groups excluding tert-OH is 1. The fourth-order valence-electron chi connectivity index (χ4n) is 4.72. The highest BCUT2D eigenvalue weighted by Gasteiger charge is 2.24. The third-order valence-electron chi connectivity index (χ3n) is 6.96. The summed E-state index contributed by atoms with van der Waals surface area (Å²) in [6.45, 7) is 7.18. The molecule has 1 saturated heterocycles. The molecule has 5 rings (SSSR count). The molecular formula is C28H34N6O4. The first kappa shape index (κ1) is 25.9. The molecule has 0 atom stereocenters. The van der Waals surface area contributed by atoms with Crippen molar-refractivity contribution in [3.8, 4) is 11.5 Å². The number of nitrogens with one attached hydrogen (secondary N) is 1. The van der Waals surface area contributed by atoms with Crippen LogP contribution in [0.2, 0.25) is 0 Å². The van der Waals surface area contributed by atoms with Crippen LogP contribution in [-0.2, 0) is 6.42 Å². The Morgan fingerprint density at radius 3 is 2.71 bits per heavy atom. The summed E-state index contributed by atoms with van der Waals surface area (Å²) in [5, 5.41) is 22.7. The number of anilines is 2. The maximum absolute atomic E-state index is 13.3. The van der Waals surface area contributed by atoms with Crippen LogP contribution in [0.4, 0.5) is 11.4 Å². The lowest BCUT2D eigenvalue weighted by molar-refractivity contribution is 0.0711. The number of pyridine rings is 2. The number of aromatic nitrogens is 4. The number of hydrogen-bond donors (Lipinski definition) is 3. The van der Waals surface area contributed by atoms with Crippen molar-refractivity contribution in [2.24, 2.45) is 5.92 Å². The summed E-state index contributed by atoms with van der Waals surface area (Å²) in [5.74, 6) is 0.269. The van der Waals surface area contributed by atoms with Gasteiger partial charge >= 0.3 is 0 Å². The monoisotopic (exact) mass is 518 g/mol. The molecule has 1 aliphatic heterocycles. The van der Waals surface area contributed by atoms with Crippen molar-refractivity contribution >= 4 is 22.9 Å². The second kappa shape index (κ2) is 10.5. The van der Waals surface area contributed by atoms with Gasteiger partial charge in [0.15, 0.2) is 5.69 Å². The molecular weight excluding hydrogens is 484 g/mol. The lowest BCUT2D eigenvalue weighted by Gasteiger charge is -2.34. The van der Waals surface area contributed by atoms with E-state index in [1.165, 1.54) is 6.26 Å². The molecule has 1 amide bonds. The second-order valence-corrected chi connectivity index (χ2v) is 10.7. The molecule has 0 unspecified atom stereocenters. The van der Waals surface area contributed by atoms with Crippen LogP contribution in [0.1, 0.15) is 55.0 Å². The Morgan fingerprint density at radius 1 is 1.21 bits per heavy atom. The van der Waals surface area contributed by atoms with Gasteiger partial charge in [-0.2, -0.15) is 0 Å². The number of fused-ring (bicyclic) bond motifs is 1. The average Bonchev–Trinajstić information content (AvgIpc) is 3.54. The van der Waals surface area contributed by atoms with Gasteiger partial charge in [0.2, 0.25) is 5.89 Å². The highest BCUT2D eigenvalue weighted by molar-refractivity contribution is 6.04. The first-order chi connectivity index (χ1) is 18.2. The summed E-state index contributed by atoms with van der Waals surface area (Å²) in [5.41, 5.74) is 4.13. The van der Waals surface area contributed by atoms with Gasteiger partial charge in [-0.3, -0.25) is 9.78 Å². The van der Waals surface area contributed by atoms with E-state index in [0.717, 1.165) is 54.2 Å². The second-order valence-electron chi connectivity index (χ2n) is 10.7. The largest absolute Gasteiger partial charge is 0.444 e. The Balaban J connectivity index is 1.43. The van der Waals surface area contributed by atoms with Gasteiger partial charge in [-0.05, 0) is 64.5 Å². The number of carbonyl (C=O) groups is 1. The van der Waals surface area contributed by atoms with Crippen molar-refractivity contribution in [2.75, 3.05) is 29.9 Å². The van der Waals surface area contributed by atoms with E-state index in [2.05, 4.69) is 20.2 Å². The third kappa shape index (κ3) is 5.87. The highest BCUT2D eigenvalue weighted by atomic mass is 16.3. The number of oxazole rings is 1. The predicted octanol–water partition coefficient (Wildman–Crippen LogP) is 3.86. The molecule has 0 radical (unpaired) electrons. The van der Waals surface area contributed by atoms with E-state index in [1.807, 2.05) is 35.9 Å². The van der Waals surface area contributed by atoms with E-state index in [9.17, 15) is 15.0 Å². The molecule has 10 nitrogen and oxygen atoms in total. The average molecular weight is 519 g/mol. The van der Waals surface area contributed by atoms with Gasteiger partial charge in [-0.25, -0.2) is 9.97 Å². The number of carbonyl (C=O) groups excluding carboxylic acids is 1. The van der Waals surface area contributed by atoms with Crippen molar-refractivity contribution in [3.05, 3.63) is 60.1 Å². The van der Waals surface area contributed by atoms with Crippen LogP contribution in [0.15, 0.2) is 47.5 Å². The van der Waals surface area contributed by atoms with E-state index in [1.54, 1.807) is 26.1 Å². The number of hydrogen-bond acceptors (Lipinski definition) is 8. The van der Waals surface area contributed by atoms with Gasteiger partial charge in [-0.1, -0.05) is 0 Å². The molecule has 200 valence electrons. The molecule has 0 aromatic carbocycles. The van der Waals surface area contributed by atoms with Crippen LogP contribution in [0.5, 0.6) is 0 Å². The quantitative estimate of drug-likeness (QED) is 0.321. The van der Waals surface area contributed by atoms with Crippen molar-refractivity contribution < 1.29 is 19.4 Å². The molecule has 10 heteroatoms. The van der Waals surface area contributed by atoms with Gasteiger partial charge < -0.3 is 29.2 Å². The zero-order valence-electron chi connectivity index (χ0n) is 22.0. The summed E-state index contributed by atoms with van der Waals surface area (Å²) in [7, 11) is 0. The van der Waals surface area contributed by atoms with E-state index in [4.69, 9.17) is 9.40 Å². The van der Waals surface area contributed by atoms with E-state index in [-0.39, 0.29) is 18.2 Å². The van der Waals surface area contributed by atoms with E-state index >= 15 is 0 Å². The number of piperidine rings is 1. The highest BCUT2D eigenvalue weighted by Crippen LogP contribution is 2.32. The third-order valence-corrected chi connectivity index (χ3v) is 6.96. The fraction of sp³-hybridized carbons (Fsp3) is 0.429. The number of amides is 1. The summed E-state index contributed by atoms with van der Waals surface area (Å²) in [4.78, 5) is 28.8. The molecule has 1 aliphatic rings. The molecule has 4 aromatic rings. The maximum Gasteiger partial charge on any atom is 0.277 e. The van der Waals surface area contributed by atoms with Crippen LogP contribution >= 0.6 is 0 Å². The first-order valence-electron chi connectivity index (χ1n) is 13.0. The van der Waals surface area contributed by atoms with E-state index < -0.39 is 5.60 Å². The molecule has 0 saturated carbocycles. The van der Waals surface area contributed by atoms with Crippen molar-refractivity contribution in [2.45, 2.75) is 52.1 Å². The first-order valence-corrected chi connectivity index (χ1v) is 13.0. The van der Waals surface area contributed by atoms with Gasteiger partial charge in [-0.15, -0.1) is 0 Å². The predicted molar refractivity (Wildman–Crippen MR) is 144 cm³/mol. The molecule has 1 fully saturated rings. The zero-order valence-corrected chi connectivity index (χ0v) is 22.0. The summed E-state index contributed by atoms with van der Waals surface area (Å²) >= 11 is 0. The Hall–Kier alpha value is -3.76. The number of aryl methyl sites for hydroxylation is 2. The van der Waals surface area contributed by atoms with Crippen LogP contribution in [0.25, 0.3) is 17.1 Å². The van der Waals surface area contributed by atoms with Crippen molar-refractivity contribution in [1.82, 2.24) is 19.4 Å². The number of rotatable bonds is 8. The zero-order chi connectivity index (χ0) is 26.9.